The quantitative estimate of drug-likeness (QED) is 0.544. The predicted octanol–water partition coefficient (Wildman–Crippen LogP) is 0.422. The fourth-order valence-electron chi connectivity index (χ4n) is 1.18. The van der Waals surface area contributed by atoms with Crippen LogP contribution in [0.5, 0.6) is 0 Å². The number of rotatable bonds is 1. The first-order valence-corrected chi connectivity index (χ1v) is 3.66. The maximum atomic E-state index is 9.24. The van der Waals surface area contributed by atoms with Crippen molar-refractivity contribution in [1.29, 1.82) is 0 Å². The highest BCUT2D eigenvalue weighted by Gasteiger charge is 2.38. The summed E-state index contributed by atoms with van der Waals surface area (Å²) >= 11 is 0. The van der Waals surface area contributed by atoms with Gasteiger partial charge in [0.15, 0.2) is 6.29 Å². The third-order valence-corrected chi connectivity index (χ3v) is 2.43. The minimum Gasteiger partial charge on any atom is -0.393 e. The Kier molecular flexibility index (Phi) is 2.05. The Labute approximate surface area is 66.3 Å². The van der Waals surface area contributed by atoms with Gasteiger partial charge in [-0.1, -0.05) is 0 Å². The Morgan fingerprint density at radius 1 is 1.55 bits per heavy atom. The van der Waals surface area contributed by atoms with Gasteiger partial charge in [0.25, 0.3) is 0 Å². The lowest BCUT2D eigenvalue weighted by atomic mass is 9.97. The zero-order chi connectivity index (χ0) is 8.65. The van der Waals surface area contributed by atoms with Gasteiger partial charge in [-0.3, -0.25) is 0 Å². The van der Waals surface area contributed by atoms with Crippen LogP contribution >= 0.6 is 0 Å². The van der Waals surface area contributed by atoms with Gasteiger partial charge >= 0.3 is 0 Å². The highest BCUT2D eigenvalue weighted by Crippen LogP contribution is 2.33. The Morgan fingerprint density at radius 3 is 2.27 bits per heavy atom. The maximum absolute atomic E-state index is 9.24. The van der Waals surface area contributed by atoms with Crippen LogP contribution in [0.25, 0.3) is 0 Å². The summed E-state index contributed by atoms with van der Waals surface area (Å²) in [5.41, 5.74) is 1.05. The van der Waals surface area contributed by atoms with Gasteiger partial charge in [-0.15, -0.1) is 0 Å². The van der Waals surface area contributed by atoms with Crippen molar-refractivity contribution < 1.29 is 14.9 Å². The van der Waals surface area contributed by atoms with E-state index in [1.54, 1.807) is 13.8 Å². The van der Waals surface area contributed by atoms with Gasteiger partial charge in [0.2, 0.25) is 0 Å². The van der Waals surface area contributed by atoms with Gasteiger partial charge in [-0.05, 0) is 31.9 Å². The van der Waals surface area contributed by atoms with Gasteiger partial charge in [-0.25, -0.2) is 0 Å². The van der Waals surface area contributed by atoms with Crippen LogP contribution in [-0.2, 0) is 4.74 Å². The van der Waals surface area contributed by atoms with E-state index in [1.165, 1.54) is 0 Å². The smallest absolute Gasteiger partial charge is 0.178 e. The summed E-state index contributed by atoms with van der Waals surface area (Å²) in [5.74, 6) is 0. The molecule has 2 N–H and O–H groups in total. The Morgan fingerprint density at radius 2 is 2.09 bits per heavy atom. The average molecular weight is 158 g/mol. The molecule has 3 nitrogen and oxygen atoms in total. The number of hydrogen-bond donors (Lipinski definition) is 2. The molecule has 11 heavy (non-hydrogen) atoms. The molecule has 2 atom stereocenters. The van der Waals surface area contributed by atoms with Crippen LogP contribution in [0.4, 0.5) is 0 Å². The first kappa shape index (κ1) is 8.71. The molecule has 0 fully saturated rings. The van der Waals surface area contributed by atoms with Crippen LogP contribution in [0.3, 0.4) is 0 Å². The largest absolute Gasteiger partial charge is 0.393 e. The van der Waals surface area contributed by atoms with E-state index < -0.39 is 11.9 Å². The second kappa shape index (κ2) is 2.59. The van der Waals surface area contributed by atoms with Crippen LogP contribution in [0.1, 0.15) is 20.8 Å². The second-order valence-electron chi connectivity index (χ2n) is 3.17. The molecule has 0 aliphatic carbocycles. The minimum absolute atomic E-state index is 0.0900. The van der Waals surface area contributed by atoms with Crippen LogP contribution < -0.4 is 0 Å². The molecule has 64 valence electrons. The molecule has 1 aliphatic rings. The zero-order valence-corrected chi connectivity index (χ0v) is 7.09. The molecule has 3 heteroatoms. The summed E-state index contributed by atoms with van der Waals surface area (Å²) < 4.78 is 5.15. The topological polar surface area (TPSA) is 49.7 Å². The molecule has 1 unspecified atom stereocenters. The molecule has 0 saturated heterocycles. The van der Waals surface area contributed by atoms with Gasteiger partial charge < -0.3 is 14.9 Å². The molecule has 1 rings (SSSR count). The van der Waals surface area contributed by atoms with Gasteiger partial charge in [0, 0.05) is 0 Å². The molecule has 0 aromatic heterocycles. The van der Waals surface area contributed by atoms with Crippen molar-refractivity contribution in [3.63, 3.8) is 0 Å². The maximum Gasteiger partial charge on any atom is 0.178 e. The van der Waals surface area contributed by atoms with Crippen molar-refractivity contribution in [3.8, 4) is 0 Å². The summed E-state index contributed by atoms with van der Waals surface area (Å²) in [5, 5.41) is 18.2. The van der Waals surface area contributed by atoms with Crippen LogP contribution in [0, 0.1) is 0 Å². The van der Waals surface area contributed by atoms with Crippen molar-refractivity contribution >= 4 is 0 Å². The first-order valence-electron chi connectivity index (χ1n) is 3.66. The normalized spacial score (nSPS) is 38.5. The lowest BCUT2D eigenvalue weighted by Gasteiger charge is -2.23. The van der Waals surface area contributed by atoms with Gasteiger partial charge in [0.05, 0.1) is 6.61 Å². The third-order valence-electron chi connectivity index (χ3n) is 2.43. The standard InChI is InChI=1S/C8H14O3/c1-5-6(2)8(3,4-9)11-7(5)10/h7,9-10H,4H2,1-3H3/t7?,8-/m1/s1. The minimum atomic E-state index is -0.841. The fourth-order valence-corrected chi connectivity index (χ4v) is 1.18. The summed E-state index contributed by atoms with van der Waals surface area (Å²) in [7, 11) is 0. The van der Waals surface area contributed by atoms with E-state index >= 15 is 0 Å². The van der Waals surface area contributed by atoms with E-state index in [9.17, 15) is 5.11 Å². The van der Waals surface area contributed by atoms with Crippen LogP contribution in [-0.4, -0.2) is 28.7 Å². The Balaban J connectivity index is 2.93. The number of ether oxygens (including phenoxy) is 1. The molecule has 0 aromatic carbocycles. The van der Waals surface area contributed by atoms with E-state index in [0.717, 1.165) is 11.1 Å². The second-order valence-corrected chi connectivity index (χ2v) is 3.17. The summed E-state index contributed by atoms with van der Waals surface area (Å²) in [6, 6.07) is 0. The van der Waals surface area contributed by atoms with Crippen LogP contribution in [0.2, 0.25) is 0 Å². The SMILES string of the molecule is CC1=C(C)[C@@](C)(CO)OC1O. The van der Waals surface area contributed by atoms with Crippen molar-refractivity contribution in [3.05, 3.63) is 11.1 Å². The molecule has 0 bridgehead atoms. The first-order chi connectivity index (χ1) is 5.01. The lowest BCUT2D eigenvalue weighted by molar-refractivity contribution is -0.137. The van der Waals surface area contributed by atoms with E-state index in [0.29, 0.717) is 0 Å². The molecule has 0 spiro atoms. The van der Waals surface area contributed by atoms with Crippen molar-refractivity contribution in [1.82, 2.24) is 0 Å². The molecule has 0 amide bonds. The molecule has 1 heterocycles. The highest BCUT2D eigenvalue weighted by atomic mass is 16.6. The molecule has 0 radical (unpaired) electrons. The van der Waals surface area contributed by atoms with E-state index in [2.05, 4.69) is 0 Å². The average Bonchev–Trinajstić information content (AvgIpc) is 2.17. The molecular formula is C8H14O3. The molecule has 0 saturated carbocycles. The monoisotopic (exact) mass is 158 g/mol. The third kappa shape index (κ3) is 1.20. The predicted molar refractivity (Wildman–Crippen MR) is 41.0 cm³/mol. The Bertz CT molecular complexity index is 198. The summed E-state index contributed by atoms with van der Waals surface area (Å²) in [4.78, 5) is 0. The van der Waals surface area contributed by atoms with Gasteiger partial charge in [-0.2, -0.15) is 0 Å². The molecular weight excluding hydrogens is 144 g/mol. The Hall–Kier alpha value is -0.380. The highest BCUT2D eigenvalue weighted by molar-refractivity contribution is 5.26. The zero-order valence-electron chi connectivity index (χ0n) is 7.09. The number of aliphatic hydroxyl groups excluding tert-OH is 2. The van der Waals surface area contributed by atoms with E-state index in [4.69, 9.17) is 9.84 Å². The van der Waals surface area contributed by atoms with Gasteiger partial charge in [0.1, 0.15) is 5.60 Å². The van der Waals surface area contributed by atoms with E-state index in [1.807, 2.05) is 6.92 Å². The molecule has 0 aromatic rings. The van der Waals surface area contributed by atoms with Crippen molar-refractivity contribution in [2.45, 2.75) is 32.7 Å². The molecule has 1 aliphatic heterocycles. The summed E-state index contributed by atoms with van der Waals surface area (Å²) in [6.45, 7) is 5.35. The van der Waals surface area contributed by atoms with E-state index in [-0.39, 0.29) is 6.61 Å². The fraction of sp³-hybridized carbons (Fsp3) is 0.750. The number of aliphatic hydroxyl groups is 2. The lowest BCUT2D eigenvalue weighted by Crippen LogP contribution is -2.32. The van der Waals surface area contributed by atoms with Crippen LogP contribution in [0.15, 0.2) is 11.1 Å². The number of hydrogen-bond acceptors (Lipinski definition) is 3. The van der Waals surface area contributed by atoms with Crippen molar-refractivity contribution in [2.75, 3.05) is 6.61 Å². The van der Waals surface area contributed by atoms with Crippen molar-refractivity contribution in [2.24, 2.45) is 0 Å². The summed E-state index contributed by atoms with van der Waals surface area (Å²) in [6.07, 6.45) is -0.841.